The Morgan fingerprint density at radius 1 is 1.28 bits per heavy atom. The molecule has 2 amide bonds. The molecule has 0 saturated heterocycles. The number of amides is 2. The molecule has 0 aliphatic rings. The fourth-order valence-electron chi connectivity index (χ4n) is 2.26. The van der Waals surface area contributed by atoms with Crippen molar-refractivity contribution in [2.45, 2.75) is 11.3 Å². The highest BCUT2D eigenvalue weighted by atomic mass is 32.2. The molecule has 1 heterocycles. The molecule has 4 N–H and O–H groups in total. The van der Waals surface area contributed by atoms with Crippen LogP contribution in [0.2, 0.25) is 0 Å². The molecule has 0 fully saturated rings. The number of hydrogen-bond acceptors (Lipinski definition) is 5. The van der Waals surface area contributed by atoms with Crippen molar-refractivity contribution < 1.29 is 18.3 Å². The fourth-order valence-corrected chi connectivity index (χ4v) is 3.83. The van der Waals surface area contributed by atoms with E-state index in [1.165, 1.54) is 19.2 Å². The topological polar surface area (TPSA) is 108 Å². The van der Waals surface area contributed by atoms with Gasteiger partial charge >= 0.3 is 6.03 Å². The van der Waals surface area contributed by atoms with E-state index in [1.807, 2.05) is 16.8 Å². The van der Waals surface area contributed by atoms with E-state index in [2.05, 4.69) is 15.4 Å². The number of aliphatic hydroxyl groups excluding tert-OH is 1. The molecule has 1 aromatic carbocycles. The van der Waals surface area contributed by atoms with Crippen LogP contribution in [-0.2, 0) is 16.4 Å². The van der Waals surface area contributed by atoms with E-state index in [1.54, 1.807) is 23.5 Å². The zero-order valence-corrected chi connectivity index (χ0v) is 15.4. The van der Waals surface area contributed by atoms with Gasteiger partial charge in [-0.1, -0.05) is 12.1 Å². The van der Waals surface area contributed by atoms with Crippen LogP contribution in [-0.4, -0.2) is 39.8 Å². The van der Waals surface area contributed by atoms with Crippen LogP contribution in [0.25, 0.3) is 0 Å². The van der Waals surface area contributed by atoms with Gasteiger partial charge in [0.1, 0.15) is 4.90 Å². The summed E-state index contributed by atoms with van der Waals surface area (Å²) >= 11 is 1.58. The number of rotatable bonds is 8. The number of thiophene rings is 1. The molecule has 9 heteroatoms. The Bertz CT molecular complexity index is 791. The molecule has 1 aromatic heterocycles. The highest BCUT2D eigenvalue weighted by Gasteiger charge is 2.18. The van der Waals surface area contributed by atoms with E-state index in [9.17, 15) is 18.3 Å². The lowest BCUT2D eigenvalue weighted by Gasteiger charge is -2.16. The molecule has 0 aliphatic heterocycles. The van der Waals surface area contributed by atoms with Crippen LogP contribution in [0.4, 0.5) is 10.5 Å². The van der Waals surface area contributed by atoms with Crippen LogP contribution in [0.5, 0.6) is 0 Å². The third-order valence-corrected chi connectivity index (χ3v) is 5.81. The van der Waals surface area contributed by atoms with Crippen molar-refractivity contribution in [3.63, 3.8) is 0 Å². The van der Waals surface area contributed by atoms with Gasteiger partial charge in [0, 0.05) is 19.1 Å². The van der Waals surface area contributed by atoms with Gasteiger partial charge in [0.2, 0.25) is 10.0 Å². The van der Waals surface area contributed by atoms with Gasteiger partial charge < -0.3 is 15.7 Å². The minimum Gasteiger partial charge on any atom is -0.396 e. The van der Waals surface area contributed by atoms with Crippen LogP contribution in [0, 0.1) is 5.92 Å². The number of nitrogens with one attached hydrogen (secondary N) is 3. The molecule has 0 saturated carbocycles. The summed E-state index contributed by atoms with van der Waals surface area (Å²) < 4.78 is 26.2. The summed E-state index contributed by atoms with van der Waals surface area (Å²) in [6.07, 6.45) is 0.658. The van der Waals surface area contributed by atoms with Crippen molar-refractivity contribution in [2.24, 2.45) is 5.92 Å². The predicted molar refractivity (Wildman–Crippen MR) is 98.3 cm³/mol. The zero-order chi connectivity index (χ0) is 18.3. The van der Waals surface area contributed by atoms with Crippen molar-refractivity contribution in [1.82, 2.24) is 10.0 Å². The Morgan fingerprint density at radius 2 is 2.04 bits per heavy atom. The summed E-state index contributed by atoms with van der Waals surface area (Å²) in [6, 6.07) is 7.59. The van der Waals surface area contributed by atoms with Gasteiger partial charge in [-0.15, -0.1) is 0 Å². The minimum absolute atomic E-state index is 0.00960. The van der Waals surface area contributed by atoms with E-state index >= 15 is 0 Å². The normalized spacial score (nSPS) is 12.6. The number of anilines is 1. The summed E-state index contributed by atoms with van der Waals surface area (Å²) in [7, 11) is -2.37. The number of hydrogen-bond donors (Lipinski definition) is 4. The molecule has 0 spiro atoms. The number of urea groups is 1. The number of aliphatic hydroxyl groups is 1. The SMILES string of the molecule is CNS(=O)(=O)c1ccccc1NC(=O)NC[C@@H](CO)Cc1ccsc1. The third-order valence-electron chi connectivity index (χ3n) is 3.61. The maximum atomic E-state index is 12.1. The smallest absolute Gasteiger partial charge is 0.319 e. The first-order valence-corrected chi connectivity index (χ1v) is 10.1. The first-order chi connectivity index (χ1) is 12.0. The predicted octanol–water partition coefficient (Wildman–Crippen LogP) is 1.63. The fraction of sp³-hybridized carbons (Fsp3) is 0.312. The van der Waals surface area contributed by atoms with Gasteiger partial charge in [-0.2, -0.15) is 11.3 Å². The van der Waals surface area contributed by atoms with Gasteiger partial charge in [-0.05, 0) is 48.0 Å². The second kappa shape index (κ2) is 8.95. The number of carbonyl (C=O) groups excluding carboxylic acids is 1. The Labute approximate surface area is 151 Å². The summed E-state index contributed by atoms with van der Waals surface area (Å²) in [5.41, 5.74) is 1.30. The molecular weight excluding hydrogens is 362 g/mol. The molecule has 25 heavy (non-hydrogen) atoms. The Hall–Kier alpha value is -1.94. The van der Waals surface area contributed by atoms with E-state index in [0.717, 1.165) is 5.56 Å². The van der Waals surface area contributed by atoms with Crippen molar-refractivity contribution in [3.8, 4) is 0 Å². The van der Waals surface area contributed by atoms with Crippen LogP contribution in [0.3, 0.4) is 0 Å². The lowest BCUT2D eigenvalue weighted by Crippen LogP contribution is -2.35. The third kappa shape index (κ3) is 5.53. The van der Waals surface area contributed by atoms with E-state index in [-0.39, 0.29) is 29.7 Å². The second-order valence-electron chi connectivity index (χ2n) is 5.42. The van der Waals surface area contributed by atoms with Crippen LogP contribution in [0.15, 0.2) is 46.0 Å². The molecule has 0 aliphatic carbocycles. The van der Waals surface area contributed by atoms with Gasteiger partial charge in [-0.3, -0.25) is 0 Å². The Kier molecular flexibility index (Phi) is 6.94. The largest absolute Gasteiger partial charge is 0.396 e. The standard InChI is InChI=1S/C16H21N3O4S2/c1-17-25(22,23)15-5-3-2-4-14(15)19-16(21)18-9-13(10-20)8-12-6-7-24-11-12/h2-7,11,13,17,20H,8-10H2,1H3,(H2,18,19,21)/t13-/m0/s1. The maximum Gasteiger partial charge on any atom is 0.319 e. The van der Waals surface area contributed by atoms with Crippen molar-refractivity contribution >= 4 is 33.1 Å². The molecule has 136 valence electrons. The van der Waals surface area contributed by atoms with E-state index in [0.29, 0.717) is 6.42 Å². The highest BCUT2D eigenvalue weighted by molar-refractivity contribution is 7.89. The molecule has 0 bridgehead atoms. The number of sulfonamides is 1. The van der Waals surface area contributed by atoms with Crippen molar-refractivity contribution in [1.29, 1.82) is 0 Å². The quantitative estimate of drug-likeness (QED) is 0.556. The maximum absolute atomic E-state index is 12.1. The second-order valence-corrected chi connectivity index (χ2v) is 8.06. The monoisotopic (exact) mass is 383 g/mol. The summed E-state index contributed by atoms with van der Waals surface area (Å²) in [5, 5.41) is 18.6. The molecule has 2 aromatic rings. The number of carbonyl (C=O) groups is 1. The molecule has 2 rings (SSSR count). The average Bonchev–Trinajstić information content (AvgIpc) is 3.12. The molecule has 0 radical (unpaired) electrons. The number of benzene rings is 1. The molecule has 7 nitrogen and oxygen atoms in total. The van der Waals surface area contributed by atoms with Gasteiger partial charge in [0.15, 0.2) is 0 Å². The summed E-state index contributed by atoms with van der Waals surface area (Å²) in [6.45, 7) is 0.222. The first kappa shape index (κ1) is 19.4. The molecule has 1 atom stereocenters. The zero-order valence-electron chi connectivity index (χ0n) is 13.7. The van der Waals surface area contributed by atoms with Gasteiger partial charge in [-0.25, -0.2) is 17.9 Å². The lowest BCUT2D eigenvalue weighted by molar-refractivity contribution is 0.218. The van der Waals surface area contributed by atoms with Gasteiger partial charge in [0.25, 0.3) is 0 Å². The number of para-hydroxylation sites is 1. The van der Waals surface area contributed by atoms with Crippen LogP contribution >= 0.6 is 11.3 Å². The van der Waals surface area contributed by atoms with Gasteiger partial charge in [0.05, 0.1) is 5.69 Å². The van der Waals surface area contributed by atoms with E-state index < -0.39 is 16.1 Å². The van der Waals surface area contributed by atoms with Crippen molar-refractivity contribution in [3.05, 3.63) is 46.7 Å². The van der Waals surface area contributed by atoms with E-state index in [4.69, 9.17) is 0 Å². The highest BCUT2D eigenvalue weighted by Crippen LogP contribution is 2.20. The van der Waals surface area contributed by atoms with Crippen LogP contribution < -0.4 is 15.4 Å². The Balaban J connectivity index is 1.96. The summed E-state index contributed by atoms with van der Waals surface area (Å²) in [4.78, 5) is 12.1. The first-order valence-electron chi connectivity index (χ1n) is 7.65. The van der Waals surface area contributed by atoms with Crippen LogP contribution in [0.1, 0.15) is 5.56 Å². The summed E-state index contributed by atoms with van der Waals surface area (Å²) in [5.74, 6) is -0.114. The molecule has 0 unspecified atom stereocenters. The lowest BCUT2D eigenvalue weighted by atomic mass is 10.0. The molecular formula is C16H21N3O4S2. The van der Waals surface area contributed by atoms with Crippen molar-refractivity contribution in [2.75, 3.05) is 25.5 Å². The minimum atomic E-state index is -3.68. The Morgan fingerprint density at radius 3 is 2.68 bits per heavy atom. The average molecular weight is 383 g/mol.